The molecule has 1 aliphatic rings. The van der Waals surface area contributed by atoms with Gasteiger partial charge in [-0.2, -0.15) is 0 Å². The van der Waals surface area contributed by atoms with Crippen molar-refractivity contribution in [3.8, 4) is 5.75 Å². The van der Waals surface area contributed by atoms with Crippen molar-refractivity contribution in [1.82, 2.24) is 15.5 Å². The van der Waals surface area contributed by atoms with Crippen LogP contribution in [-0.4, -0.2) is 49.6 Å². The number of ether oxygens (including phenoxy) is 1. The molecule has 0 radical (unpaired) electrons. The van der Waals surface area contributed by atoms with Crippen LogP contribution in [0.4, 0.5) is 0 Å². The van der Waals surface area contributed by atoms with Gasteiger partial charge in [-0.05, 0) is 26.8 Å². The first-order chi connectivity index (χ1) is 10.4. The molecule has 1 atom stereocenters. The van der Waals surface area contributed by atoms with E-state index in [0.29, 0.717) is 6.54 Å². The Kier molecular flexibility index (Phi) is 5.42. The lowest BCUT2D eigenvalue weighted by Gasteiger charge is -2.37. The second-order valence-electron chi connectivity index (χ2n) is 6.73. The highest BCUT2D eigenvalue weighted by Gasteiger charge is 2.28. The third kappa shape index (κ3) is 4.45. The number of hydrogen-bond donors (Lipinski definition) is 2. The number of amides is 1. The molecule has 22 heavy (non-hydrogen) atoms. The van der Waals surface area contributed by atoms with Gasteiger partial charge in [0.1, 0.15) is 5.75 Å². The van der Waals surface area contributed by atoms with E-state index >= 15 is 0 Å². The van der Waals surface area contributed by atoms with Crippen LogP contribution in [0.25, 0.3) is 0 Å². The van der Waals surface area contributed by atoms with Gasteiger partial charge in [-0.1, -0.05) is 18.2 Å². The van der Waals surface area contributed by atoms with Crippen molar-refractivity contribution in [2.24, 2.45) is 0 Å². The highest BCUT2D eigenvalue weighted by Crippen LogP contribution is 2.29. The zero-order chi connectivity index (χ0) is 16.2. The standard InChI is InChI=1S/C17H27N3O2/c1-17(2,3)19-16(21)12-20-10-9-18-11-14(20)13-7-5-6-8-15(13)22-4/h5-8,14,18H,9-12H2,1-4H3,(H,19,21). The van der Waals surface area contributed by atoms with Crippen molar-refractivity contribution in [1.29, 1.82) is 0 Å². The summed E-state index contributed by atoms with van der Waals surface area (Å²) in [4.78, 5) is 14.5. The summed E-state index contributed by atoms with van der Waals surface area (Å²) in [7, 11) is 1.69. The molecule has 2 rings (SSSR count). The molecule has 5 heteroatoms. The van der Waals surface area contributed by atoms with Gasteiger partial charge in [0.2, 0.25) is 5.91 Å². The van der Waals surface area contributed by atoms with Gasteiger partial charge in [0.05, 0.1) is 19.7 Å². The van der Waals surface area contributed by atoms with E-state index in [1.807, 2.05) is 39.0 Å². The van der Waals surface area contributed by atoms with E-state index in [0.717, 1.165) is 30.9 Å². The maximum Gasteiger partial charge on any atom is 0.234 e. The van der Waals surface area contributed by atoms with E-state index in [9.17, 15) is 4.79 Å². The molecular weight excluding hydrogens is 278 g/mol. The Labute approximate surface area is 133 Å². The van der Waals surface area contributed by atoms with Crippen molar-refractivity contribution < 1.29 is 9.53 Å². The number of nitrogens with one attached hydrogen (secondary N) is 2. The van der Waals surface area contributed by atoms with Gasteiger partial charge in [-0.15, -0.1) is 0 Å². The molecule has 122 valence electrons. The normalized spacial score (nSPS) is 19.7. The van der Waals surface area contributed by atoms with Crippen molar-refractivity contribution in [2.75, 3.05) is 33.3 Å². The van der Waals surface area contributed by atoms with Gasteiger partial charge in [0.15, 0.2) is 0 Å². The van der Waals surface area contributed by atoms with E-state index in [-0.39, 0.29) is 17.5 Å². The van der Waals surface area contributed by atoms with Crippen LogP contribution in [0.15, 0.2) is 24.3 Å². The maximum absolute atomic E-state index is 12.3. The number of benzene rings is 1. The summed E-state index contributed by atoms with van der Waals surface area (Å²) in [5, 5.41) is 6.44. The molecule has 1 fully saturated rings. The quantitative estimate of drug-likeness (QED) is 0.886. The molecule has 0 bridgehead atoms. The lowest BCUT2D eigenvalue weighted by atomic mass is 10.0. The van der Waals surface area contributed by atoms with Gasteiger partial charge < -0.3 is 15.4 Å². The number of methoxy groups -OCH3 is 1. The summed E-state index contributed by atoms with van der Waals surface area (Å²) in [6, 6.07) is 8.17. The summed E-state index contributed by atoms with van der Waals surface area (Å²) in [6.45, 7) is 8.97. The SMILES string of the molecule is COc1ccccc1C1CNCCN1CC(=O)NC(C)(C)C. The van der Waals surface area contributed by atoms with E-state index in [4.69, 9.17) is 4.74 Å². The van der Waals surface area contributed by atoms with Crippen LogP contribution in [0.3, 0.4) is 0 Å². The minimum absolute atomic E-state index is 0.0642. The molecule has 0 saturated carbocycles. The minimum atomic E-state index is -0.203. The molecule has 1 unspecified atom stereocenters. The smallest absolute Gasteiger partial charge is 0.234 e. The van der Waals surface area contributed by atoms with Gasteiger partial charge in [0.25, 0.3) is 0 Å². The number of hydrogen-bond acceptors (Lipinski definition) is 4. The van der Waals surface area contributed by atoms with Crippen molar-refractivity contribution >= 4 is 5.91 Å². The third-order valence-corrected chi connectivity index (χ3v) is 3.71. The zero-order valence-electron chi connectivity index (χ0n) is 14.0. The van der Waals surface area contributed by atoms with Crippen LogP contribution >= 0.6 is 0 Å². The fourth-order valence-electron chi connectivity index (χ4n) is 2.83. The summed E-state index contributed by atoms with van der Waals surface area (Å²) in [6.07, 6.45) is 0. The molecule has 1 saturated heterocycles. The van der Waals surface area contributed by atoms with Gasteiger partial charge in [0, 0.05) is 30.7 Å². The molecule has 1 heterocycles. The van der Waals surface area contributed by atoms with Crippen LogP contribution in [0, 0.1) is 0 Å². The Morgan fingerprint density at radius 2 is 2.14 bits per heavy atom. The number of rotatable bonds is 4. The first-order valence-electron chi connectivity index (χ1n) is 7.79. The number of carbonyl (C=O) groups excluding carboxylic acids is 1. The summed E-state index contributed by atoms with van der Waals surface area (Å²) in [5.74, 6) is 0.937. The topological polar surface area (TPSA) is 53.6 Å². The average Bonchev–Trinajstić information content (AvgIpc) is 2.46. The molecule has 5 nitrogen and oxygen atoms in total. The Hall–Kier alpha value is -1.59. The molecule has 0 aliphatic carbocycles. The predicted octanol–water partition coefficient (Wildman–Crippen LogP) is 1.56. The van der Waals surface area contributed by atoms with E-state index < -0.39 is 0 Å². The lowest BCUT2D eigenvalue weighted by Crippen LogP contribution is -2.52. The lowest BCUT2D eigenvalue weighted by molar-refractivity contribution is -0.124. The van der Waals surface area contributed by atoms with Gasteiger partial charge in [-0.25, -0.2) is 0 Å². The number of carbonyl (C=O) groups is 1. The summed E-state index contributed by atoms with van der Waals surface area (Å²) >= 11 is 0. The Morgan fingerprint density at radius 1 is 1.41 bits per heavy atom. The van der Waals surface area contributed by atoms with Crippen LogP contribution in [0.1, 0.15) is 32.4 Å². The molecule has 1 aromatic rings. The molecule has 0 spiro atoms. The number of para-hydroxylation sites is 1. The monoisotopic (exact) mass is 305 g/mol. The first kappa shape index (κ1) is 16.8. The fraction of sp³-hybridized carbons (Fsp3) is 0.588. The average molecular weight is 305 g/mol. The Bertz CT molecular complexity index is 511. The van der Waals surface area contributed by atoms with Crippen molar-refractivity contribution in [2.45, 2.75) is 32.4 Å². The molecule has 2 N–H and O–H groups in total. The highest BCUT2D eigenvalue weighted by molar-refractivity contribution is 5.78. The van der Waals surface area contributed by atoms with Gasteiger partial charge >= 0.3 is 0 Å². The molecule has 0 aromatic heterocycles. The second kappa shape index (κ2) is 7.11. The zero-order valence-corrected chi connectivity index (χ0v) is 14.0. The van der Waals surface area contributed by atoms with Crippen LogP contribution in [0.5, 0.6) is 5.75 Å². The highest BCUT2D eigenvalue weighted by atomic mass is 16.5. The van der Waals surface area contributed by atoms with Crippen LogP contribution in [0.2, 0.25) is 0 Å². The van der Waals surface area contributed by atoms with Crippen LogP contribution in [-0.2, 0) is 4.79 Å². The maximum atomic E-state index is 12.3. The number of nitrogens with zero attached hydrogens (tertiary/aromatic N) is 1. The summed E-state index contributed by atoms with van der Waals surface area (Å²) in [5.41, 5.74) is 0.922. The van der Waals surface area contributed by atoms with Crippen molar-refractivity contribution in [3.63, 3.8) is 0 Å². The third-order valence-electron chi connectivity index (χ3n) is 3.71. The number of piperazine rings is 1. The van der Waals surface area contributed by atoms with E-state index in [1.54, 1.807) is 7.11 Å². The van der Waals surface area contributed by atoms with Crippen LogP contribution < -0.4 is 15.4 Å². The second-order valence-corrected chi connectivity index (χ2v) is 6.73. The molecule has 1 aromatic carbocycles. The van der Waals surface area contributed by atoms with Crippen molar-refractivity contribution in [3.05, 3.63) is 29.8 Å². The summed E-state index contributed by atoms with van der Waals surface area (Å²) < 4.78 is 5.48. The fourth-order valence-corrected chi connectivity index (χ4v) is 2.83. The predicted molar refractivity (Wildman–Crippen MR) is 88.1 cm³/mol. The first-order valence-corrected chi connectivity index (χ1v) is 7.79. The minimum Gasteiger partial charge on any atom is -0.496 e. The Morgan fingerprint density at radius 3 is 2.82 bits per heavy atom. The van der Waals surface area contributed by atoms with Gasteiger partial charge in [-0.3, -0.25) is 9.69 Å². The van der Waals surface area contributed by atoms with E-state index in [1.165, 1.54) is 0 Å². The Balaban J connectivity index is 2.13. The molecule has 1 amide bonds. The molecule has 1 aliphatic heterocycles. The van der Waals surface area contributed by atoms with E-state index in [2.05, 4.69) is 21.6 Å². The largest absolute Gasteiger partial charge is 0.496 e. The molecular formula is C17H27N3O2.